The van der Waals surface area contributed by atoms with Crippen molar-refractivity contribution in [2.45, 2.75) is 52.2 Å². The van der Waals surface area contributed by atoms with Crippen molar-refractivity contribution in [2.24, 2.45) is 0 Å². The maximum Gasteiger partial charge on any atom is 0.0700 e. The van der Waals surface area contributed by atoms with E-state index in [-0.39, 0.29) is 5.54 Å². The number of rotatable bonds is 11. The van der Waals surface area contributed by atoms with E-state index < -0.39 is 0 Å². The van der Waals surface area contributed by atoms with E-state index in [9.17, 15) is 0 Å². The van der Waals surface area contributed by atoms with E-state index >= 15 is 0 Å². The molecule has 4 nitrogen and oxygen atoms in total. The van der Waals surface area contributed by atoms with Gasteiger partial charge in [0, 0.05) is 32.4 Å². The van der Waals surface area contributed by atoms with Crippen molar-refractivity contribution < 1.29 is 14.2 Å². The first-order chi connectivity index (χ1) is 8.49. The van der Waals surface area contributed by atoms with Crippen LogP contribution in [0.25, 0.3) is 0 Å². The van der Waals surface area contributed by atoms with Crippen molar-refractivity contribution >= 4 is 0 Å². The fourth-order valence-corrected chi connectivity index (χ4v) is 1.40. The van der Waals surface area contributed by atoms with Crippen molar-refractivity contribution in [3.63, 3.8) is 0 Å². The van der Waals surface area contributed by atoms with Gasteiger partial charge < -0.3 is 19.5 Å². The molecular formula is C14H31NO3. The van der Waals surface area contributed by atoms with E-state index in [0.29, 0.717) is 19.3 Å². The number of hydrogen-bond donors (Lipinski definition) is 1. The Labute approximate surface area is 112 Å². The first kappa shape index (κ1) is 17.8. The molecule has 1 atom stereocenters. The zero-order valence-electron chi connectivity index (χ0n) is 12.8. The van der Waals surface area contributed by atoms with E-state index in [1.807, 2.05) is 0 Å². The molecule has 0 saturated carbocycles. The highest BCUT2D eigenvalue weighted by molar-refractivity contribution is 4.72. The van der Waals surface area contributed by atoms with Crippen LogP contribution in [0.15, 0.2) is 0 Å². The minimum atomic E-state index is 0.153. The monoisotopic (exact) mass is 261 g/mol. The molecule has 0 rings (SSSR count). The van der Waals surface area contributed by atoms with Gasteiger partial charge in [0.25, 0.3) is 0 Å². The molecule has 0 aliphatic heterocycles. The van der Waals surface area contributed by atoms with Crippen LogP contribution in [-0.2, 0) is 14.2 Å². The normalized spacial score (nSPS) is 13.8. The molecule has 18 heavy (non-hydrogen) atoms. The molecule has 0 aromatic heterocycles. The van der Waals surface area contributed by atoms with E-state index in [2.05, 4.69) is 33.0 Å². The summed E-state index contributed by atoms with van der Waals surface area (Å²) in [5, 5.41) is 3.47. The van der Waals surface area contributed by atoms with Crippen LogP contribution in [0, 0.1) is 0 Å². The van der Waals surface area contributed by atoms with Crippen LogP contribution >= 0.6 is 0 Å². The van der Waals surface area contributed by atoms with Gasteiger partial charge in [0.15, 0.2) is 0 Å². The number of hydrogen-bond acceptors (Lipinski definition) is 4. The van der Waals surface area contributed by atoms with Crippen LogP contribution < -0.4 is 5.32 Å². The molecule has 4 heteroatoms. The van der Waals surface area contributed by atoms with Crippen molar-refractivity contribution in [3.8, 4) is 0 Å². The third kappa shape index (κ3) is 12.3. The fourth-order valence-electron chi connectivity index (χ4n) is 1.40. The van der Waals surface area contributed by atoms with Gasteiger partial charge >= 0.3 is 0 Å². The second-order valence-electron chi connectivity index (χ2n) is 5.49. The lowest BCUT2D eigenvalue weighted by molar-refractivity contribution is 0.0202. The molecule has 0 amide bonds. The minimum Gasteiger partial charge on any atom is -0.382 e. The zero-order chi connectivity index (χ0) is 13.9. The van der Waals surface area contributed by atoms with E-state index in [1.165, 1.54) is 0 Å². The van der Waals surface area contributed by atoms with Gasteiger partial charge in [-0.2, -0.15) is 0 Å². The van der Waals surface area contributed by atoms with E-state index in [1.54, 1.807) is 7.11 Å². The molecule has 0 heterocycles. The Morgan fingerprint density at radius 2 is 1.78 bits per heavy atom. The average Bonchev–Trinajstić information content (AvgIpc) is 2.30. The third-order valence-electron chi connectivity index (χ3n) is 2.53. The van der Waals surface area contributed by atoms with Gasteiger partial charge in [-0.25, -0.2) is 0 Å². The second-order valence-corrected chi connectivity index (χ2v) is 5.49. The van der Waals surface area contributed by atoms with Crippen LogP contribution in [0.4, 0.5) is 0 Å². The fraction of sp³-hybridized carbons (Fsp3) is 1.00. The highest BCUT2D eigenvalue weighted by Gasteiger charge is 2.12. The SMILES string of the molecule is CCC(CNC(C)(C)C)OCCCOCCOC. The molecule has 0 aliphatic rings. The molecule has 1 unspecified atom stereocenters. The second kappa shape index (κ2) is 10.7. The Bertz CT molecular complexity index is 180. The van der Waals surface area contributed by atoms with Gasteiger partial charge in [0.05, 0.1) is 19.3 Å². The van der Waals surface area contributed by atoms with Crippen LogP contribution in [0.1, 0.15) is 40.5 Å². The number of methoxy groups -OCH3 is 1. The number of ether oxygens (including phenoxy) is 3. The summed E-state index contributed by atoms with van der Waals surface area (Å²) in [4.78, 5) is 0. The molecule has 0 aliphatic carbocycles. The van der Waals surface area contributed by atoms with Gasteiger partial charge in [-0.05, 0) is 33.6 Å². The predicted molar refractivity (Wildman–Crippen MR) is 75.1 cm³/mol. The summed E-state index contributed by atoms with van der Waals surface area (Å²) in [7, 11) is 1.68. The van der Waals surface area contributed by atoms with Crippen molar-refractivity contribution in [1.82, 2.24) is 5.32 Å². The molecule has 0 radical (unpaired) electrons. The highest BCUT2D eigenvalue weighted by atomic mass is 16.5. The summed E-state index contributed by atoms with van der Waals surface area (Å²) >= 11 is 0. The molecular weight excluding hydrogens is 230 g/mol. The van der Waals surface area contributed by atoms with Crippen molar-refractivity contribution in [3.05, 3.63) is 0 Å². The zero-order valence-corrected chi connectivity index (χ0v) is 12.8. The molecule has 0 aromatic carbocycles. The molecule has 0 fully saturated rings. The summed E-state index contributed by atoms with van der Waals surface area (Å²) < 4.78 is 16.1. The Kier molecular flexibility index (Phi) is 10.6. The lowest BCUT2D eigenvalue weighted by atomic mass is 10.1. The average molecular weight is 261 g/mol. The molecule has 1 N–H and O–H groups in total. The van der Waals surface area contributed by atoms with Crippen LogP contribution in [0.5, 0.6) is 0 Å². The summed E-state index contributed by atoms with van der Waals surface area (Å²) in [5.74, 6) is 0. The highest BCUT2D eigenvalue weighted by Crippen LogP contribution is 2.03. The van der Waals surface area contributed by atoms with Crippen LogP contribution in [0.3, 0.4) is 0 Å². The lowest BCUT2D eigenvalue weighted by Crippen LogP contribution is -2.41. The van der Waals surface area contributed by atoms with Crippen LogP contribution in [-0.4, -0.2) is 51.7 Å². The maximum absolute atomic E-state index is 5.82. The Morgan fingerprint density at radius 3 is 2.33 bits per heavy atom. The Hall–Kier alpha value is -0.160. The van der Waals surface area contributed by atoms with Gasteiger partial charge in [-0.3, -0.25) is 0 Å². The smallest absolute Gasteiger partial charge is 0.0700 e. The Balaban J connectivity index is 3.44. The lowest BCUT2D eigenvalue weighted by Gasteiger charge is -2.25. The van der Waals surface area contributed by atoms with Gasteiger partial charge in [-0.1, -0.05) is 6.92 Å². The van der Waals surface area contributed by atoms with Crippen LogP contribution in [0.2, 0.25) is 0 Å². The predicted octanol–water partition coefficient (Wildman–Crippen LogP) is 2.22. The summed E-state index contributed by atoms with van der Waals surface area (Å²) in [6.45, 7) is 12.4. The van der Waals surface area contributed by atoms with Gasteiger partial charge in [0.2, 0.25) is 0 Å². The summed E-state index contributed by atoms with van der Waals surface area (Å²) in [6.07, 6.45) is 2.27. The molecule has 0 saturated heterocycles. The third-order valence-corrected chi connectivity index (χ3v) is 2.53. The standard InChI is InChI=1S/C14H31NO3/c1-6-13(12-15-14(2,3)4)18-9-7-8-17-11-10-16-5/h13,15H,6-12H2,1-5H3. The minimum absolute atomic E-state index is 0.153. The first-order valence-corrected chi connectivity index (χ1v) is 6.93. The topological polar surface area (TPSA) is 39.7 Å². The molecule has 0 spiro atoms. The maximum atomic E-state index is 5.82. The first-order valence-electron chi connectivity index (χ1n) is 6.93. The van der Waals surface area contributed by atoms with Gasteiger partial charge in [0.1, 0.15) is 0 Å². The van der Waals surface area contributed by atoms with Gasteiger partial charge in [-0.15, -0.1) is 0 Å². The number of nitrogens with one attached hydrogen (secondary N) is 1. The Morgan fingerprint density at radius 1 is 1.06 bits per heavy atom. The molecule has 0 aromatic rings. The molecule has 0 bridgehead atoms. The summed E-state index contributed by atoms with van der Waals surface area (Å²) in [5.41, 5.74) is 0.153. The van der Waals surface area contributed by atoms with E-state index in [4.69, 9.17) is 14.2 Å². The van der Waals surface area contributed by atoms with Crippen molar-refractivity contribution in [1.29, 1.82) is 0 Å². The van der Waals surface area contributed by atoms with Crippen molar-refractivity contribution in [2.75, 3.05) is 40.1 Å². The largest absolute Gasteiger partial charge is 0.382 e. The van der Waals surface area contributed by atoms with E-state index in [0.717, 1.165) is 32.6 Å². The summed E-state index contributed by atoms with van der Waals surface area (Å²) in [6, 6.07) is 0. The quantitative estimate of drug-likeness (QED) is 0.579. The molecule has 110 valence electrons.